The molecule has 3 aromatic rings. The van der Waals surface area contributed by atoms with Gasteiger partial charge in [0.15, 0.2) is 0 Å². The van der Waals surface area contributed by atoms with Crippen LogP contribution in [0.4, 0.5) is 37.2 Å². The predicted octanol–water partition coefficient (Wildman–Crippen LogP) is 5.85. The molecule has 3 saturated heterocycles. The summed E-state index contributed by atoms with van der Waals surface area (Å²) in [6.45, 7) is 4.91. The number of hydrogen-bond donors (Lipinski definition) is 4. The molecule has 3 fully saturated rings. The highest BCUT2D eigenvalue weighted by Crippen LogP contribution is 2.38. The standard InChI is InChI=1S/C38H48F5N9O6/c1-20(2)30(49-37(56)58-4)35(54)52-12-6-8-29(52)33-45-19-27(47-33)22-15-23(39)31(24(40)16-22)50-13-9-21(10-14-50)26-18-44-32(46-26)28-7-5-11-51(28)34(53)25(17-38(41,42)43)48-36(55)57-3/h15-16,18-21,25,28-30H,5-14,17H2,1-4H3,(H,44,46)(H,45,47)(H,48,55)(H,49,56). The lowest BCUT2D eigenvalue weighted by Crippen LogP contribution is -2.51. The maximum Gasteiger partial charge on any atom is 0.407 e. The first kappa shape index (κ1) is 42.2. The number of halogens is 5. The summed E-state index contributed by atoms with van der Waals surface area (Å²) >= 11 is 0. The van der Waals surface area contributed by atoms with Gasteiger partial charge in [-0.25, -0.2) is 28.3 Å². The van der Waals surface area contributed by atoms with Crippen molar-refractivity contribution in [1.29, 1.82) is 0 Å². The molecular formula is C38H48F5N9O6. The van der Waals surface area contributed by atoms with Crippen LogP contribution >= 0.6 is 0 Å². The molecule has 4 unspecified atom stereocenters. The number of piperidine rings is 1. The van der Waals surface area contributed by atoms with Crippen LogP contribution in [0, 0.1) is 17.6 Å². The van der Waals surface area contributed by atoms with Crippen LogP contribution in [0.3, 0.4) is 0 Å². The Bertz CT molecular complexity index is 1940. The molecule has 0 saturated carbocycles. The number of aromatic amines is 2. The Morgan fingerprint density at radius 3 is 1.93 bits per heavy atom. The second kappa shape index (κ2) is 17.6. The quantitative estimate of drug-likeness (QED) is 0.173. The summed E-state index contributed by atoms with van der Waals surface area (Å²) in [5, 5.41) is 4.61. The van der Waals surface area contributed by atoms with E-state index in [1.54, 1.807) is 16.0 Å². The van der Waals surface area contributed by atoms with Gasteiger partial charge in [-0.1, -0.05) is 13.8 Å². The van der Waals surface area contributed by atoms with Gasteiger partial charge in [0.05, 0.1) is 44.6 Å². The van der Waals surface area contributed by atoms with Crippen molar-refractivity contribution in [1.82, 2.24) is 40.4 Å². The number of H-pyrrole nitrogens is 2. The summed E-state index contributed by atoms with van der Waals surface area (Å²) in [6.07, 6.45) is -1.71. The van der Waals surface area contributed by atoms with E-state index in [1.807, 2.05) is 19.2 Å². The number of alkyl carbamates (subject to hydrolysis) is 2. The highest BCUT2D eigenvalue weighted by Gasteiger charge is 2.42. The van der Waals surface area contributed by atoms with E-state index in [1.165, 1.54) is 30.3 Å². The SMILES string of the molecule is COC(=O)NC(CC(F)(F)F)C(=O)N1CCCC1c1ncc(C2CCN(c3c(F)cc(-c4cnc(C5CCCN5C(=O)C(NC(=O)OC)C(C)C)[nH]4)cc3F)CC2)[nH]1. The number of aromatic nitrogens is 4. The van der Waals surface area contributed by atoms with Crippen LogP contribution in [0.2, 0.25) is 0 Å². The van der Waals surface area contributed by atoms with Crippen molar-refractivity contribution in [3.05, 3.63) is 53.5 Å². The molecular weight excluding hydrogens is 773 g/mol. The Balaban J connectivity index is 1.09. The second-order valence-electron chi connectivity index (χ2n) is 15.2. The number of nitrogens with zero attached hydrogens (tertiary/aromatic N) is 5. The third-order valence-corrected chi connectivity index (χ3v) is 11.1. The first-order chi connectivity index (χ1) is 27.6. The lowest BCUT2D eigenvalue weighted by Gasteiger charge is -2.33. The highest BCUT2D eigenvalue weighted by atomic mass is 19.4. The summed E-state index contributed by atoms with van der Waals surface area (Å²) in [5.41, 5.74) is 1.19. The van der Waals surface area contributed by atoms with Crippen molar-refractivity contribution in [2.75, 3.05) is 45.3 Å². The Hall–Kier alpha value is -5.43. The molecule has 1 aromatic carbocycles. The number of methoxy groups -OCH3 is 2. The van der Waals surface area contributed by atoms with Gasteiger partial charge in [0.2, 0.25) is 11.8 Å². The van der Waals surface area contributed by atoms with E-state index in [2.05, 4.69) is 30.0 Å². The molecule has 0 bridgehead atoms. The van der Waals surface area contributed by atoms with Crippen molar-refractivity contribution < 1.29 is 50.6 Å². The average Bonchev–Trinajstić information content (AvgIpc) is 4.02. The number of carbonyl (C=O) groups is 4. The Morgan fingerprint density at radius 1 is 0.810 bits per heavy atom. The number of benzene rings is 1. The number of hydrogen-bond acceptors (Lipinski definition) is 9. The number of likely N-dealkylation sites (tertiary alicyclic amines) is 2. The molecule has 20 heteroatoms. The molecule has 3 aliphatic rings. The molecule has 4 N–H and O–H groups in total. The Kier molecular flexibility index (Phi) is 12.8. The van der Waals surface area contributed by atoms with Crippen LogP contribution in [0.5, 0.6) is 0 Å². The number of ether oxygens (including phenoxy) is 2. The van der Waals surface area contributed by atoms with Gasteiger partial charge in [-0.05, 0) is 56.6 Å². The van der Waals surface area contributed by atoms with Gasteiger partial charge in [-0.3, -0.25) is 9.59 Å². The summed E-state index contributed by atoms with van der Waals surface area (Å²) in [5.74, 6) is -2.08. The fourth-order valence-electron chi connectivity index (χ4n) is 8.16. The van der Waals surface area contributed by atoms with Crippen molar-refractivity contribution in [2.24, 2.45) is 5.92 Å². The van der Waals surface area contributed by atoms with Gasteiger partial charge in [-0.15, -0.1) is 0 Å². The number of carbonyl (C=O) groups excluding carboxylic acids is 4. The van der Waals surface area contributed by atoms with Gasteiger partial charge in [0, 0.05) is 49.6 Å². The van der Waals surface area contributed by atoms with Gasteiger partial charge in [-0.2, -0.15) is 13.2 Å². The Morgan fingerprint density at radius 2 is 1.36 bits per heavy atom. The smallest absolute Gasteiger partial charge is 0.407 e. The zero-order valence-corrected chi connectivity index (χ0v) is 32.6. The molecule has 0 spiro atoms. The molecule has 3 aliphatic heterocycles. The average molecular weight is 822 g/mol. The van der Waals surface area contributed by atoms with Gasteiger partial charge < -0.3 is 44.8 Å². The lowest BCUT2D eigenvalue weighted by atomic mass is 9.93. The van der Waals surface area contributed by atoms with E-state index in [0.717, 1.165) is 12.8 Å². The molecule has 2 aromatic heterocycles. The highest BCUT2D eigenvalue weighted by molar-refractivity contribution is 5.87. The van der Waals surface area contributed by atoms with Gasteiger partial charge >= 0.3 is 18.4 Å². The van der Waals surface area contributed by atoms with Crippen LogP contribution in [0.25, 0.3) is 11.3 Å². The number of alkyl halides is 3. The molecule has 0 aliphatic carbocycles. The van der Waals surface area contributed by atoms with Crippen molar-refractivity contribution in [2.45, 2.75) is 95.1 Å². The maximum absolute atomic E-state index is 15.7. The molecule has 58 heavy (non-hydrogen) atoms. The second-order valence-corrected chi connectivity index (χ2v) is 15.2. The van der Waals surface area contributed by atoms with Crippen LogP contribution in [0.1, 0.15) is 94.1 Å². The van der Waals surface area contributed by atoms with E-state index >= 15 is 8.78 Å². The third-order valence-electron chi connectivity index (χ3n) is 11.1. The molecule has 15 nitrogen and oxygen atoms in total. The molecule has 316 valence electrons. The normalized spacial score (nSPS) is 20.0. The number of nitrogens with one attached hydrogen (secondary N) is 4. The van der Waals surface area contributed by atoms with Crippen molar-refractivity contribution >= 4 is 29.7 Å². The van der Waals surface area contributed by atoms with Gasteiger partial charge in [0.25, 0.3) is 0 Å². The Labute approximate surface area is 331 Å². The van der Waals surface area contributed by atoms with E-state index < -0.39 is 66.5 Å². The van der Waals surface area contributed by atoms with Crippen LogP contribution in [-0.4, -0.2) is 112 Å². The lowest BCUT2D eigenvalue weighted by molar-refractivity contribution is -0.154. The number of rotatable bonds is 11. The predicted molar refractivity (Wildman–Crippen MR) is 198 cm³/mol. The fraction of sp³-hybridized carbons (Fsp3) is 0.579. The molecule has 6 rings (SSSR count). The summed E-state index contributed by atoms with van der Waals surface area (Å²) in [6, 6.07) is -1.24. The van der Waals surface area contributed by atoms with E-state index in [0.29, 0.717) is 75.5 Å². The first-order valence-corrected chi connectivity index (χ1v) is 19.3. The first-order valence-electron chi connectivity index (χ1n) is 19.3. The minimum Gasteiger partial charge on any atom is -0.453 e. The van der Waals surface area contributed by atoms with Gasteiger partial charge in [0.1, 0.15) is 41.1 Å². The van der Waals surface area contributed by atoms with Crippen molar-refractivity contribution in [3.63, 3.8) is 0 Å². The largest absolute Gasteiger partial charge is 0.453 e. The molecule has 4 atom stereocenters. The zero-order valence-electron chi connectivity index (χ0n) is 32.6. The zero-order chi connectivity index (χ0) is 41.9. The number of amides is 4. The van der Waals surface area contributed by atoms with Crippen molar-refractivity contribution in [3.8, 4) is 11.3 Å². The number of imidazole rings is 2. The fourth-order valence-corrected chi connectivity index (χ4v) is 8.16. The maximum atomic E-state index is 15.7. The monoisotopic (exact) mass is 821 g/mol. The van der Waals surface area contributed by atoms with E-state index in [-0.39, 0.29) is 35.5 Å². The topological polar surface area (TPSA) is 178 Å². The summed E-state index contributed by atoms with van der Waals surface area (Å²) in [4.78, 5) is 70.3. The summed E-state index contributed by atoms with van der Waals surface area (Å²) < 4.78 is 80.5. The minimum absolute atomic E-state index is 0.0649. The number of anilines is 1. The summed E-state index contributed by atoms with van der Waals surface area (Å²) in [7, 11) is 2.22. The molecule has 5 heterocycles. The van der Waals surface area contributed by atoms with E-state index in [4.69, 9.17) is 4.74 Å². The third kappa shape index (κ3) is 9.30. The minimum atomic E-state index is -4.71. The molecule has 4 amide bonds. The van der Waals surface area contributed by atoms with Crippen LogP contribution in [0.15, 0.2) is 24.5 Å². The van der Waals surface area contributed by atoms with Crippen LogP contribution in [-0.2, 0) is 19.1 Å². The van der Waals surface area contributed by atoms with Crippen LogP contribution < -0.4 is 15.5 Å². The molecule has 0 radical (unpaired) electrons. The van der Waals surface area contributed by atoms with E-state index in [9.17, 15) is 32.3 Å².